The lowest BCUT2D eigenvalue weighted by Gasteiger charge is -2.31. The van der Waals surface area contributed by atoms with Crippen molar-refractivity contribution in [3.8, 4) is 22.5 Å². The van der Waals surface area contributed by atoms with Crippen molar-refractivity contribution in [2.75, 3.05) is 4.90 Å². The van der Waals surface area contributed by atoms with E-state index in [1.165, 1.54) is 5.56 Å². The second kappa shape index (κ2) is 10.1. The molecule has 1 aliphatic rings. The zero-order chi connectivity index (χ0) is 22.8. The van der Waals surface area contributed by atoms with Crippen LogP contribution in [0.25, 0.3) is 22.5 Å². The highest BCUT2D eigenvalue weighted by atomic mass is 35.5. The first-order valence-corrected chi connectivity index (χ1v) is 11.4. The predicted molar refractivity (Wildman–Crippen MR) is 128 cm³/mol. The number of aryl methyl sites for hydroxylation is 2. The number of benzene rings is 2. The molecule has 0 radical (unpaired) electrons. The molecule has 3 heterocycles. The molecular weight excluding hydrogens is 448 g/mol. The Labute approximate surface area is 205 Å². The van der Waals surface area contributed by atoms with Crippen LogP contribution in [-0.2, 0) is 30.6 Å². The fourth-order valence-corrected chi connectivity index (χ4v) is 4.51. The Bertz CT molecular complexity index is 1290. The number of hydrogen-bond acceptors (Lipinski definition) is 5. The summed E-state index contributed by atoms with van der Waals surface area (Å²) >= 11 is 0. The summed E-state index contributed by atoms with van der Waals surface area (Å²) in [5, 5.41) is 14.5. The van der Waals surface area contributed by atoms with Gasteiger partial charge in [0.1, 0.15) is 0 Å². The summed E-state index contributed by atoms with van der Waals surface area (Å²) in [7, 11) is 0. The lowest BCUT2D eigenvalue weighted by Crippen LogP contribution is -3.00. The minimum Gasteiger partial charge on any atom is -1.00 e. The van der Waals surface area contributed by atoms with Gasteiger partial charge in [-0.2, -0.15) is 5.21 Å². The van der Waals surface area contributed by atoms with Gasteiger partial charge in [0.05, 0.1) is 12.2 Å². The second-order valence-electron chi connectivity index (χ2n) is 8.22. The maximum absolute atomic E-state index is 12.9. The number of anilines is 1. The Balaban J connectivity index is 0.00000274. The van der Waals surface area contributed by atoms with E-state index in [1.807, 2.05) is 23.1 Å². The normalized spacial score (nSPS) is 12.9. The number of halogens is 1. The number of nitrogens with zero attached hydrogens (tertiary/aromatic N) is 5. The van der Waals surface area contributed by atoms with Crippen molar-refractivity contribution in [2.45, 2.75) is 46.1 Å². The fraction of sp³-hybridized carbons (Fsp3) is 0.269. The molecule has 0 bridgehead atoms. The Hall–Kier alpha value is -3.58. The van der Waals surface area contributed by atoms with E-state index < -0.39 is 0 Å². The highest BCUT2D eigenvalue weighted by Gasteiger charge is 2.27. The maximum atomic E-state index is 12.9. The van der Waals surface area contributed by atoms with E-state index in [1.54, 1.807) is 0 Å². The molecule has 0 aliphatic carbocycles. The van der Waals surface area contributed by atoms with Gasteiger partial charge in [0, 0.05) is 23.4 Å². The molecule has 4 aromatic rings. The van der Waals surface area contributed by atoms with Gasteiger partial charge >= 0.3 is 0 Å². The van der Waals surface area contributed by atoms with Crippen molar-refractivity contribution in [3.63, 3.8) is 0 Å². The van der Waals surface area contributed by atoms with Crippen molar-refractivity contribution in [1.29, 1.82) is 0 Å². The minimum absolute atomic E-state index is 0. The monoisotopic (exact) mass is 473 g/mol. The van der Waals surface area contributed by atoms with E-state index >= 15 is 0 Å². The molecule has 0 spiro atoms. The number of aromatic amines is 1. The molecule has 2 aromatic heterocycles. The van der Waals surface area contributed by atoms with Gasteiger partial charge in [-0.05, 0) is 52.8 Å². The number of hydrogen-bond donors (Lipinski definition) is 1. The van der Waals surface area contributed by atoms with Gasteiger partial charge in [0.2, 0.25) is 11.7 Å². The molecule has 0 saturated heterocycles. The van der Waals surface area contributed by atoms with Gasteiger partial charge in [-0.15, -0.1) is 10.2 Å². The maximum Gasteiger partial charge on any atom is 0.227 e. The first kappa shape index (κ1) is 23.6. The van der Waals surface area contributed by atoms with E-state index in [-0.39, 0.29) is 18.3 Å². The molecule has 1 N–H and O–H groups in total. The van der Waals surface area contributed by atoms with E-state index in [0.29, 0.717) is 18.8 Å². The lowest BCUT2D eigenvalue weighted by atomic mass is 9.96. The molecule has 0 unspecified atom stereocenters. The number of H-pyrrole nitrogens is 1. The molecule has 1 amide bonds. The van der Waals surface area contributed by atoms with E-state index in [4.69, 9.17) is 4.98 Å². The van der Waals surface area contributed by atoms with Gasteiger partial charge < -0.3 is 17.3 Å². The molecule has 5 rings (SSSR count). The van der Waals surface area contributed by atoms with Crippen LogP contribution in [0.15, 0.2) is 54.6 Å². The largest absolute Gasteiger partial charge is 1.00 e. The van der Waals surface area contributed by atoms with E-state index in [2.05, 4.69) is 70.9 Å². The zero-order valence-electron chi connectivity index (χ0n) is 19.3. The number of fused-ring (bicyclic) bond motifs is 1. The Morgan fingerprint density at radius 3 is 2.41 bits per heavy atom. The number of nitrogens with one attached hydrogen (secondary N) is 1. The molecule has 0 fully saturated rings. The molecule has 34 heavy (non-hydrogen) atoms. The summed E-state index contributed by atoms with van der Waals surface area (Å²) in [6.45, 7) is 4.79. The van der Waals surface area contributed by atoms with Crippen LogP contribution in [0.5, 0.6) is 0 Å². The van der Waals surface area contributed by atoms with Crippen LogP contribution in [-0.4, -0.2) is 31.5 Å². The summed E-state index contributed by atoms with van der Waals surface area (Å²) in [6.07, 6.45) is 3.05. The average Bonchev–Trinajstić information content (AvgIpc) is 3.40. The number of carbonyl (C=O) groups excluding carboxylic acids is 1. The summed E-state index contributed by atoms with van der Waals surface area (Å²) in [5.74, 6) is 0.738. The molecule has 1 aliphatic heterocycles. The first-order valence-electron chi connectivity index (χ1n) is 11.4. The smallest absolute Gasteiger partial charge is 0.227 e. The third kappa shape index (κ3) is 4.43. The number of pyridine rings is 1. The zero-order valence-corrected chi connectivity index (χ0v) is 20.0. The average molecular weight is 474 g/mol. The Morgan fingerprint density at radius 2 is 1.74 bits per heavy atom. The standard InChI is InChI=1S/C26H26N6O.ClH/c1-3-19-15-24-22(23(4-2)27-19)13-14-25(33)32(24)16-17-9-11-18(12-10-17)20-7-5-6-8-21(20)26-28-30-31-29-26;/h5-12,15H,3-4,13-14,16H2,1-2H3,(H,28,29,30,31);1H/p-1. The number of rotatable bonds is 6. The van der Waals surface area contributed by atoms with Crippen LogP contribution >= 0.6 is 0 Å². The van der Waals surface area contributed by atoms with E-state index in [0.717, 1.165) is 58.6 Å². The molecule has 7 nitrogen and oxygen atoms in total. The van der Waals surface area contributed by atoms with Gasteiger partial charge in [0.15, 0.2) is 0 Å². The van der Waals surface area contributed by atoms with Crippen molar-refractivity contribution < 1.29 is 17.2 Å². The van der Waals surface area contributed by atoms with Gasteiger partial charge in [-0.25, -0.2) is 0 Å². The minimum atomic E-state index is 0. The fourth-order valence-electron chi connectivity index (χ4n) is 4.51. The summed E-state index contributed by atoms with van der Waals surface area (Å²) in [4.78, 5) is 19.6. The quantitative estimate of drug-likeness (QED) is 0.459. The van der Waals surface area contributed by atoms with Crippen LogP contribution in [0.4, 0.5) is 5.69 Å². The SMILES string of the molecule is CCc1cc2c(c(CC)n1)CCC(=O)N2Cc1ccc(-c2ccccc2-c2nn[nH]n2)cc1.[Cl-]. The molecule has 0 saturated carbocycles. The second-order valence-corrected chi connectivity index (χ2v) is 8.22. The van der Waals surface area contributed by atoms with Gasteiger partial charge in [-0.3, -0.25) is 9.78 Å². The Morgan fingerprint density at radius 1 is 0.971 bits per heavy atom. The molecule has 2 aromatic carbocycles. The highest BCUT2D eigenvalue weighted by molar-refractivity contribution is 5.96. The van der Waals surface area contributed by atoms with Crippen LogP contribution < -0.4 is 17.3 Å². The highest BCUT2D eigenvalue weighted by Crippen LogP contribution is 2.33. The predicted octanol–water partition coefficient (Wildman–Crippen LogP) is 1.54. The van der Waals surface area contributed by atoms with Crippen LogP contribution in [0.2, 0.25) is 0 Å². The number of tetrazole rings is 1. The first-order chi connectivity index (χ1) is 16.2. The van der Waals surface area contributed by atoms with Crippen molar-refractivity contribution in [2.24, 2.45) is 0 Å². The molecule has 8 heteroatoms. The molecular formula is C26H26ClN6O-. The van der Waals surface area contributed by atoms with Crippen LogP contribution in [0, 0.1) is 0 Å². The Kier molecular flexibility index (Phi) is 7.03. The number of amides is 1. The third-order valence-electron chi connectivity index (χ3n) is 6.24. The molecule has 0 atom stereocenters. The van der Waals surface area contributed by atoms with Crippen molar-refractivity contribution in [3.05, 3.63) is 77.1 Å². The molecule has 174 valence electrons. The van der Waals surface area contributed by atoms with Gasteiger partial charge in [0.25, 0.3) is 0 Å². The topological polar surface area (TPSA) is 87.7 Å². The van der Waals surface area contributed by atoms with Crippen LogP contribution in [0.3, 0.4) is 0 Å². The summed E-state index contributed by atoms with van der Waals surface area (Å²) < 4.78 is 0. The van der Waals surface area contributed by atoms with Crippen molar-refractivity contribution >= 4 is 11.6 Å². The third-order valence-corrected chi connectivity index (χ3v) is 6.24. The summed E-state index contributed by atoms with van der Waals surface area (Å²) in [5.41, 5.74) is 8.53. The van der Waals surface area contributed by atoms with E-state index in [9.17, 15) is 4.79 Å². The lowest BCUT2D eigenvalue weighted by molar-refractivity contribution is -0.119. The van der Waals surface area contributed by atoms with Crippen LogP contribution in [0.1, 0.15) is 42.8 Å². The number of carbonyl (C=O) groups is 1. The number of aromatic nitrogens is 5. The van der Waals surface area contributed by atoms with Crippen molar-refractivity contribution in [1.82, 2.24) is 25.6 Å². The summed E-state index contributed by atoms with van der Waals surface area (Å²) in [6, 6.07) is 18.5. The van der Waals surface area contributed by atoms with Gasteiger partial charge in [-0.1, -0.05) is 62.4 Å².